The van der Waals surface area contributed by atoms with E-state index in [9.17, 15) is 4.79 Å². The van der Waals surface area contributed by atoms with Crippen LogP contribution in [0.3, 0.4) is 0 Å². The second-order valence-corrected chi connectivity index (χ2v) is 8.77. The van der Waals surface area contributed by atoms with Crippen LogP contribution >= 0.6 is 11.8 Å². The van der Waals surface area contributed by atoms with E-state index in [-0.39, 0.29) is 11.4 Å². The SMILES string of the molecule is O=C(NCC1(N2CCOCC2)CCCCC1)c1ccccc1CSc1ncn[nH]1. The zero-order chi connectivity index (χ0) is 19.9. The Bertz CT molecular complexity index is 786. The van der Waals surface area contributed by atoms with Gasteiger partial charge < -0.3 is 10.1 Å². The van der Waals surface area contributed by atoms with E-state index in [0.29, 0.717) is 12.3 Å². The van der Waals surface area contributed by atoms with E-state index >= 15 is 0 Å². The molecule has 2 fully saturated rings. The second-order valence-electron chi connectivity index (χ2n) is 7.80. The molecule has 4 rings (SSSR count). The molecule has 29 heavy (non-hydrogen) atoms. The Balaban J connectivity index is 1.42. The molecule has 0 spiro atoms. The number of amides is 1. The van der Waals surface area contributed by atoms with Crippen LogP contribution in [0.25, 0.3) is 0 Å². The van der Waals surface area contributed by atoms with E-state index in [0.717, 1.165) is 55.4 Å². The maximum atomic E-state index is 13.1. The molecule has 1 aromatic carbocycles. The van der Waals surface area contributed by atoms with Crippen molar-refractivity contribution >= 4 is 17.7 Å². The first-order valence-corrected chi connectivity index (χ1v) is 11.4. The summed E-state index contributed by atoms with van der Waals surface area (Å²) >= 11 is 1.55. The summed E-state index contributed by atoms with van der Waals surface area (Å²) in [7, 11) is 0. The van der Waals surface area contributed by atoms with E-state index in [2.05, 4.69) is 25.4 Å². The molecule has 2 heterocycles. The minimum atomic E-state index is 0.0111. The normalized spacial score (nSPS) is 19.7. The number of ether oxygens (including phenoxy) is 1. The van der Waals surface area contributed by atoms with Crippen molar-refractivity contribution in [3.63, 3.8) is 0 Å². The lowest BCUT2D eigenvalue weighted by molar-refractivity contribution is -0.0361. The van der Waals surface area contributed by atoms with Crippen LogP contribution in [0, 0.1) is 0 Å². The molecule has 0 atom stereocenters. The van der Waals surface area contributed by atoms with Crippen LogP contribution in [-0.2, 0) is 10.5 Å². The molecular formula is C21H29N5O2S. The Morgan fingerprint density at radius 3 is 2.76 bits per heavy atom. The first kappa shape index (κ1) is 20.4. The lowest BCUT2D eigenvalue weighted by Gasteiger charge is -2.48. The summed E-state index contributed by atoms with van der Waals surface area (Å²) in [6.45, 7) is 4.20. The van der Waals surface area contributed by atoms with Crippen LogP contribution in [0.1, 0.15) is 48.0 Å². The molecule has 0 unspecified atom stereocenters. The number of nitrogens with one attached hydrogen (secondary N) is 2. The fourth-order valence-corrected chi connectivity index (χ4v) is 5.25. The zero-order valence-electron chi connectivity index (χ0n) is 16.7. The molecule has 0 radical (unpaired) electrons. The quantitative estimate of drug-likeness (QED) is 0.677. The predicted molar refractivity (Wildman–Crippen MR) is 113 cm³/mol. The number of carbonyl (C=O) groups is 1. The molecule has 1 aromatic heterocycles. The highest BCUT2D eigenvalue weighted by Gasteiger charge is 2.38. The smallest absolute Gasteiger partial charge is 0.251 e. The molecule has 1 saturated carbocycles. The monoisotopic (exact) mass is 415 g/mol. The summed E-state index contributed by atoms with van der Waals surface area (Å²) < 4.78 is 5.56. The highest BCUT2D eigenvalue weighted by atomic mass is 32.2. The van der Waals surface area contributed by atoms with Crippen LogP contribution in [-0.4, -0.2) is 64.4 Å². The van der Waals surface area contributed by atoms with E-state index in [1.54, 1.807) is 11.8 Å². The second kappa shape index (κ2) is 9.73. The summed E-state index contributed by atoms with van der Waals surface area (Å²) in [5.41, 5.74) is 1.82. The minimum Gasteiger partial charge on any atom is -0.379 e. The van der Waals surface area contributed by atoms with Gasteiger partial charge in [0.25, 0.3) is 5.91 Å². The maximum absolute atomic E-state index is 13.1. The zero-order valence-corrected chi connectivity index (χ0v) is 17.5. The third-order valence-electron chi connectivity index (χ3n) is 6.06. The van der Waals surface area contributed by atoms with Gasteiger partial charge in [-0.15, -0.1) is 0 Å². The molecule has 8 heteroatoms. The summed E-state index contributed by atoms with van der Waals surface area (Å²) in [5.74, 6) is 0.685. The van der Waals surface area contributed by atoms with Gasteiger partial charge in [0.05, 0.1) is 13.2 Å². The van der Waals surface area contributed by atoms with E-state index in [4.69, 9.17) is 4.74 Å². The Hall–Kier alpha value is -1.90. The predicted octanol–water partition coefficient (Wildman–Crippen LogP) is 2.86. The summed E-state index contributed by atoms with van der Waals surface area (Å²) in [4.78, 5) is 19.8. The number of aromatic nitrogens is 3. The summed E-state index contributed by atoms with van der Waals surface area (Å²) in [5, 5.41) is 10.8. The van der Waals surface area contributed by atoms with Crippen LogP contribution < -0.4 is 5.32 Å². The van der Waals surface area contributed by atoms with Gasteiger partial charge in [-0.25, -0.2) is 4.98 Å². The average Bonchev–Trinajstić information content (AvgIpc) is 3.31. The number of aromatic amines is 1. The highest BCUT2D eigenvalue weighted by Crippen LogP contribution is 2.34. The molecule has 2 N–H and O–H groups in total. The molecule has 1 aliphatic heterocycles. The largest absolute Gasteiger partial charge is 0.379 e. The van der Waals surface area contributed by atoms with Gasteiger partial charge in [-0.05, 0) is 24.5 Å². The Morgan fingerprint density at radius 2 is 2.00 bits per heavy atom. The highest BCUT2D eigenvalue weighted by molar-refractivity contribution is 7.98. The molecule has 0 bridgehead atoms. The lowest BCUT2D eigenvalue weighted by atomic mass is 9.79. The van der Waals surface area contributed by atoms with Crippen molar-refractivity contribution in [2.75, 3.05) is 32.8 Å². The van der Waals surface area contributed by atoms with Gasteiger partial charge >= 0.3 is 0 Å². The van der Waals surface area contributed by atoms with Crippen molar-refractivity contribution in [3.05, 3.63) is 41.7 Å². The van der Waals surface area contributed by atoms with Gasteiger partial charge in [0.15, 0.2) is 5.16 Å². The topological polar surface area (TPSA) is 83.1 Å². The number of nitrogens with zero attached hydrogens (tertiary/aromatic N) is 3. The van der Waals surface area contributed by atoms with Crippen molar-refractivity contribution in [2.24, 2.45) is 0 Å². The number of rotatable bonds is 7. The van der Waals surface area contributed by atoms with E-state index in [1.807, 2.05) is 24.3 Å². The number of thioether (sulfide) groups is 1. The number of carbonyl (C=O) groups excluding carboxylic acids is 1. The molecule has 1 amide bonds. The molecule has 2 aromatic rings. The molecular weight excluding hydrogens is 386 g/mol. The number of H-pyrrole nitrogens is 1. The Labute approximate surface area is 176 Å². The average molecular weight is 416 g/mol. The van der Waals surface area contributed by atoms with Gasteiger partial charge in [-0.1, -0.05) is 49.2 Å². The van der Waals surface area contributed by atoms with E-state index < -0.39 is 0 Å². The fourth-order valence-electron chi connectivity index (χ4n) is 4.47. The summed E-state index contributed by atoms with van der Waals surface area (Å²) in [6.07, 6.45) is 7.56. The minimum absolute atomic E-state index is 0.0111. The van der Waals surface area contributed by atoms with Crippen LogP contribution in [0.4, 0.5) is 0 Å². The van der Waals surface area contributed by atoms with Crippen LogP contribution in [0.5, 0.6) is 0 Å². The third kappa shape index (κ3) is 4.99. The van der Waals surface area contributed by atoms with Gasteiger partial charge in [-0.2, -0.15) is 5.10 Å². The Kier molecular flexibility index (Phi) is 6.84. The van der Waals surface area contributed by atoms with Crippen molar-refractivity contribution in [1.29, 1.82) is 0 Å². The van der Waals surface area contributed by atoms with Gasteiger partial charge in [0.2, 0.25) is 0 Å². The maximum Gasteiger partial charge on any atom is 0.251 e. The van der Waals surface area contributed by atoms with Crippen molar-refractivity contribution < 1.29 is 9.53 Å². The van der Waals surface area contributed by atoms with Crippen LogP contribution in [0.2, 0.25) is 0 Å². The van der Waals surface area contributed by atoms with Gasteiger partial charge in [0.1, 0.15) is 6.33 Å². The number of benzene rings is 1. The van der Waals surface area contributed by atoms with Crippen molar-refractivity contribution in [3.8, 4) is 0 Å². The van der Waals surface area contributed by atoms with Gasteiger partial charge in [-0.3, -0.25) is 14.8 Å². The third-order valence-corrected chi connectivity index (χ3v) is 6.99. The number of hydrogen-bond acceptors (Lipinski definition) is 6. The van der Waals surface area contributed by atoms with Gasteiger partial charge in [0, 0.05) is 36.5 Å². The first-order chi connectivity index (χ1) is 14.3. The molecule has 1 saturated heterocycles. The Morgan fingerprint density at radius 1 is 1.21 bits per heavy atom. The standard InChI is InChI=1S/C21H29N5O2S/c27-19(18-7-3-2-6-17(18)14-29-20-23-16-24-25-20)22-15-21(8-4-1-5-9-21)26-10-12-28-13-11-26/h2-3,6-7,16H,1,4-5,8-15H2,(H,22,27)(H,23,24,25). The number of hydrogen-bond donors (Lipinski definition) is 2. The molecule has 156 valence electrons. The van der Waals surface area contributed by atoms with E-state index in [1.165, 1.54) is 25.6 Å². The lowest BCUT2D eigenvalue weighted by Crippen LogP contribution is -2.59. The number of morpholine rings is 1. The molecule has 7 nitrogen and oxygen atoms in total. The van der Waals surface area contributed by atoms with Crippen molar-refractivity contribution in [1.82, 2.24) is 25.4 Å². The fraction of sp³-hybridized carbons (Fsp3) is 0.571. The van der Waals surface area contributed by atoms with Crippen molar-refractivity contribution in [2.45, 2.75) is 48.6 Å². The first-order valence-electron chi connectivity index (χ1n) is 10.4. The molecule has 2 aliphatic rings. The molecule has 1 aliphatic carbocycles. The summed E-state index contributed by atoms with van der Waals surface area (Å²) in [6, 6.07) is 7.82. The van der Waals surface area contributed by atoms with Crippen LogP contribution in [0.15, 0.2) is 35.7 Å².